The summed E-state index contributed by atoms with van der Waals surface area (Å²) < 4.78 is 22.4. The van der Waals surface area contributed by atoms with Gasteiger partial charge in [-0.3, -0.25) is 0 Å². The van der Waals surface area contributed by atoms with Gasteiger partial charge in [-0.2, -0.15) is 0 Å². The van der Waals surface area contributed by atoms with Gasteiger partial charge in [0.1, 0.15) is 61.0 Å². The molecule has 0 aromatic carbocycles. The van der Waals surface area contributed by atoms with Crippen molar-refractivity contribution in [3.8, 4) is 0 Å². The van der Waals surface area contributed by atoms with Crippen molar-refractivity contribution in [2.75, 3.05) is 13.1 Å². The molecule has 0 amide bonds. The normalized spacial score (nSPS) is 50.0. The van der Waals surface area contributed by atoms with E-state index >= 15 is 0 Å². The number of rotatable bonds is 10. The monoisotopic (exact) mass is 698 g/mol. The van der Waals surface area contributed by atoms with Crippen LogP contribution in [0.15, 0.2) is 0 Å². The molecule has 18 heteroatoms. The Bertz CT molecular complexity index is 875. The number of hydrogen-bond donors (Lipinski definition) is 14. The van der Waals surface area contributed by atoms with Crippen molar-refractivity contribution in [2.24, 2.45) is 46.2 Å². The van der Waals surface area contributed by atoms with Gasteiger partial charge >= 0.3 is 0 Å². The van der Waals surface area contributed by atoms with Gasteiger partial charge in [0.25, 0.3) is 0 Å². The summed E-state index contributed by atoms with van der Waals surface area (Å²) in [5, 5.41) is 81.1. The molecule has 4 fully saturated rings. The first kappa shape index (κ1) is 41.7. The number of aliphatic hydroxyl groups excluding tert-OH is 8. The molecule has 0 bridgehead atoms. The lowest BCUT2D eigenvalue weighted by atomic mass is 9.77. The lowest BCUT2D eigenvalue weighted by molar-refractivity contribution is -0.289. The molecule has 4 rings (SSSR count). The molecule has 284 valence electrons. The highest BCUT2D eigenvalue weighted by Crippen LogP contribution is 2.33. The minimum Gasteiger partial charge on any atom is -0.390 e. The van der Waals surface area contributed by atoms with Gasteiger partial charge in [0.2, 0.25) is 0 Å². The minimum atomic E-state index is -1.27. The first-order valence-electron chi connectivity index (χ1n) is 17.1. The van der Waals surface area contributed by atoms with Crippen molar-refractivity contribution in [1.29, 1.82) is 0 Å². The molecular weight excluding hydrogens is 636 g/mol. The zero-order valence-electron chi connectivity index (χ0n) is 27.9. The maximum atomic E-state index is 10.4. The average Bonchev–Trinajstić information content (AvgIpc) is 3.06. The molecule has 2 aliphatic heterocycles. The highest BCUT2D eigenvalue weighted by Gasteiger charge is 2.50. The number of nitrogens with two attached hydrogens (primary N) is 6. The van der Waals surface area contributed by atoms with Gasteiger partial charge in [0.05, 0.1) is 24.3 Å². The molecule has 18 nitrogen and oxygen atoms in total. The summed E-state index contributed by atoms with van der Waals surface area (Å²) in [4.78, 5) is 0. The van der Waals surface area contributed by atoms with E-state index in [-0.39, 0.29) is 24.9 Å². The van der Waals surface area contributed by atoms with Crippen molar-refractivity contribution < 1.29 is 59.8 Å². The largest absolute Gasteiger partial charge is 0.390 e. The summed E-state index contributed by atoms with van der Waals surface area (Å²) in [5.41, 5.74) is 35.0. The lowest BCUT2D eigenvalue weighted by Crippen LogP contribution is -2.66. The van der Waals surface area contributed by atoms with E-state index in [0.29, 0.717) is 12.8 Å². The Hall–Kier alpha value is -0.720. The summed E-state index contributed by atoms with van der Waals surface area (Å²) in [7, 11) is 0. The Morgan fingerprint density at radius 2 is 0.854 bits per heavy atom. The molecule has 0 spiro atoms. The van der Waals surface area contributed by atoms with Crippen LogP contribution in [0.25, 0.3) is 0 Å². The molecule has 0 aromatic rings. The molecule has 20 unspecified atom stereocenters. The Labute approximate surface area is 281 Å². The predicted molar refractivity (Wildman–Crippen MR) is 171 cm³/mol. The second-order valence-electron chi connectivity index (χ2n) is 13.7. The predicted octanol–water partition coefficient (Wildman–Crippen LogP) is -6.05. The van der Waals surface area contributed by atoms with Crippen molar-refractivity contribution in [2.45, 2.75) is 162 Å². The van der Waals surface area contributed by atoms with Crippen LogP contribution < -0.4 is 34.4 Å². The molecule has 4 aliphatic rings. The fourth-order valence-electron chi connectivity index (χ4n) is 7.23. The van der Waals surface area contributed by atoms with Gasteiger partial charge in [-0.15, -0.1) is 0 Å². The third-order valence-corrected chi connectivity index (χ3v) is 10.2. The Balaban J connectivity index is 0.000000260. The molecule has 2 saturated carbocycles. The van der Waals surface area contributed by atoms with Crippen molar-refractivity contribution >= 4 is 0 Å². The van der Waals surface area contributed by atoms with E-state index in [1.807, 2.05) is 13.8 Å². The van der Waals surface area contributed by atoms with E-state index < -0.39 is 110 Å². The number of aliphatic hydroxyl groups is 8. The van der Waals surface area contributed by atoms with Crippen molar-refractivity contribution in [3.05, 3.63) is 0 Å². The van der Waals surface area contributed by atoms with Crippen LogP contribution in [0.1, 0.15) is 52.4 Å². The van der Waals surface area contributed by atoms with E-state index in [1.165, 1.54) is 0 Å². The SMILES string of the molecule is CCCC1CC(N)C(OC2OC(CN)C(O)C(O)C2N)C(O)C1O.CCCC1CC(N)C(OC2OC(CN)C(O)C(O)C2N)C(O)C1O. The van der Waals surface area contributed by atoms with E-state index in [2.05, 4.69) is 0 Å². The van der Waals surface area contributed by atoms with Crippen LogP contribution in [0, 0.1) is 11.8 Å². The van der Waals surface area contributed by atoms with Gasteiger partial charge in [-0.1, -0.05) is 26.7 Å². The molecular formula is C30H62N6O12. The Morgan fingerprint density at radius 3 is 1.15 bits per heavy atom. The van der Waals surface area contributed by atoms with Crippen LogP contribution >= 0.6 is 0 Å². The van der Waals surface area contributed by atoms with E-state index in [0.717, 1.165) is 25.7 Å². The summed E-state index contributed by atoms with van der Waals surface area (Å²) in [6, 6.07) is -3.05. The van der Waals surface area contributed by atoms with Gasteiger partial charge in [-0.25, -0.2) is 0 Å². The first-order valence-corrected chi connectivity index (χ1v) is 17.1. The minimum absolute atomic E-state index is 0.0225. The maximum absolute atomic E-state index is 10.4. The fraction of sp³-hybridized carbons (Fsp3) is 1.00. The third kappa shape index (κ3) is 9.38. The smallest absolute Gasteiger partial charge is 0.176 e. The highest BCUT2D eigenvalue weighted by atomic mass is 16.7. The van der Waals surface area contributed by atoms with Crippen molar-refractivity contribution in [3.63, 3.8) is 0 Å². The van der Waals surface area contributed by atoms with Crippen LogP contribution in [0.4, 0.5) is 0 Å². The Kier molecular flexibility index (Phi) is 16.2. The molecule has 20 N–H and O–H groups in total. The summed E-state index contributed by atoms with van der Waals surface area (Å²) in [6.45, 7) is 3.96. The molecule has 2 heterocycles. The van der Waals surface area contributed by atoms with Crippen LogP contribution in [0.3, 0.4) is 0 Å². The standard InChI is InChI=1S/2C15H31N3O6/c2*1-2-3-6-4-7(17)14(13(22)10(6)19)24-15-9(18)12(21)11(20)8(5-16)23-15/h2*6-15,19-22H,2-5,16-18H2,1H3. The van der Waals surface area contributed by atoms with Crippen LogP contribution in [-0.4, -0.2) is 164 Å². The Morgan fingerprint density at radius 1 is 0.521 bits per heavy atom. The lowest BCUT2D eigenvalue weighted by Gasteiger charge is -2.46. The summed E-state index contributed by atoms with van der Waals surface area (Å²) in [6.07, 6.45) is -10.5. The van der Waals surface area contributed by atoms with Crippen LogP contribution in [0.2, 0.25) is 0 Å². The summed E-state index contributed by atoms with van der Waals surface area (Å²) >= 11 is 0. The van der Waals surface area contributed by atoms with Crippen molar-refractivity contribution in [1.82, 2.24) is 0 Å². The van der Waals surface area contributed by atoms with E-state index in [9.17, 15) is 40.9 Å². The number of hydrogen-bond acceptors (Lipinski definition) is 18. The molecule has 20 atom stereocenters. The highest BCUT2D eigenvalue weighted by molar-refractivity contribution is 4.99. The number of ether oxygens (including phenoxy) is 4. The van der Waals surface area contributed by atoms with Gasteiger partial charge in [0.15, 0.2) is 12.6 Å². The van der Waals surface area contributed by atoms with Gasteiger partial charge < -0.3 is 94.2 Å². The molecule has 2 aliphatic carbocycles. The second-order valence-corrected chi connectivity index (χ2v) is 13.7. The average molecular weight is 699 g/mol. The molecule has 0 radical (unpaired) electrons. The summed E-state index contributed by atoms with van der Waals surface area (Å²) in [5.74, 6) is -0.185. The van der Waals surface area contributed by atoms with Gasteiger partial charge in [0, 0.05) is 25.2 Å². The molecule has 48 heavy (non-hydrogen) atoms. The van der Waals surface area contributed by atoms with Crippen LogP contribution in [-0.2, 0) is 18.9 Å². The van der Waals surface area contributed by atoms with Gasteiger partial charge in [-0.05, 0) is 37.5 Å². The maximum Gasteiger partial charge on any atom is 0.176 e. The van der Waals surface area contributed by atoms with E-state index in [4.69, 9.17) is 53.3 Å². The quantitative estimate of drug-likeness (QED) is 0.101. The van der Waals surface area contributed by atoms with E-state index in [1.54, 1.807) is 0 Å². The topological polar surface area (TPSA) is 355 Å². The first-order chi connectivity index (χ1) is 22.6. The molecule has 2 saturated heterocycles. The fourth-order valence-corrected chi connectivity index (χ4v) is 7.23. The molecule has 0 aromatic heterocycles. The van der Waals surface area contributed by atoms with Crippen LogP contribution in [0.5, 0.6) is 0 Å². The second kappa shape index (κ2) is 18.7. The zero-order valence-corrected chi connectivity index (χ0v) is 27.9. The zero-order chi connectivity index (χ0) is 36.0. The third-order valence-electron chi connectivity index (χ3n) is 10.2.